The quantitative estimate of drug-likeness (QED) is 0.556. The van der Waals surface area contributed by atoms with Gasteiger partial charge in [-0.2, -0.15) is 0 Å². The second kappa shape index (κ2) is 10.8. The predicted octanol–water partition coefficient (Wildman–Crippen LogP) is 1.56. The number of primary amides is 1. The molecule has 3 N–H and O–H groups in total. The van der Waals surface area contributed by atoms with Crippen LogP contribution in [-0.4, -0.2) is 59.8 Å². The molecule has 0 saturated carbocycles. The van der Waals surface area contributed by atoms with Gasteiger partial charge in [0.1, 0.15) is 0 Å². The third-order valence-corrected chi connectivity index (χ3v) is 6.42. The van der Waals surface area contributed by atoms with Crippen molar-refractivity contribution in [1.29, 1.82) is 0 Å². The lowest BCUT2D eigenvalue weighted by atomic mass is 10.1. The van der Waals surface area contributed by atoms with E-state index in [1.165, 1.54) is 29.2 Å². The molecule has 3 rings (SSSR count). The lowest BCUT2D eigenvalue weighted by molar-refractivity contribution is -0.120. The van der Waals surface area contributed by atoms with Crippen molar-refractivity contribution in [2.45, 2.75) is 23.4 Å². The predicted molar refractivity (Wildman–Crippen MR) is 110 cm³/mol. The number of nitrogens with one attached hydrogen (secondary N) is 1. The number of thiazole rings is 1. The molecule has 2 amide bonds. The summed E-state index contributed by atoms with van der Waals surface area (Å²) in [6.07, 6.45) is -0.0939. The van der Waals surface area contributed by atoms with Gasteiger partial charge in [0, 0.05) is 31.6 Å². The van der Waals surface area contributed by atoms with Crippen LogP contribution < -0.4 is 11.1 Å². The Hall–Kier alpha value is -2.08. The topological polar surface area (TPSA) is 97.5 Å². The van der Waals surface area contributed by atoms with Gasteiger partial charge >= 0.3 is 0 Å². The maximum atomic E-state index is 13.4. The number of carbonyl (C=O) groups is 2. The van der Waals surface area contributed by atoms with E-state index in [-0.39, 0.29) is 24.2 Å². The molecule has 1 fully saturated rings. The molecule has 1 aromatic heterocycles. The largest absolute Gasteiger partial charge is 0.374 e. The third kappa shape index (κ3) is 7.01. The fourth-order valence-electron chi connectivity index (χ4n) is 2.96. The van der Waals surface area contributed by atoms with Crippen LogP contribution in [0.1, 0.15) is 11.3 Å². The Bertz CT molecular complexity index is 896. The molecule has 1 aromatic carbocycles. The monoisotopic (exact) mass is 456 g/mol. The molecule has 1 saturated heterocycles. The maximum Gasteiger partial charge on any atom is 0.230 e. The van der Waals surface area contributed by atoms with E-state index in [4.69, 9.17) is 10.5 Å². The van der Waals surface area contributed by atoms with Crippen LogP contribution in [0, 0.1) is 11.6 Å². The minimum Gasteiger partial charge on any atom is -0.374 e. The summed E-state index contributed by atoms with van der Waals surface area (Å²) in [7, 11) is 0. The first-order chi connectivity index (χ1) is 14.4. The van der Waals surface area contributed by atoms with Crippen molar-refractivity contribution in [3.05, 3.63) is 46.5 Å². The summed E-state index contributed by atoms with van der Waals surface area (Å²) in [5, 5.41) is 4.60. The van der Waals surface area contributed by atoms with E-state index in [0.717, 1.165) is 6.07 Å². The molecule has 7 nitrogen and oxygen atoms in total. The average Bonchev–Trinajstić information content (AvgIpc) is 3.14. The minimum absolute atomic E-state index is 0.0866. The fraction of sp³-hybridized carbons (Fsp3) is 0.421. The van der Waals surface area contributed by atoms with Gasteiger partial charge in [0.15, 0.2) is 16.0 Å². The van der Waals surface area contributed by atoms with Crippen LogP contribution in [-0.2, 0) is 27.3 Å². The minimum atomic E-state index is -0.860. The summed E-state index contributed by atoms with van der Waals surface area (Å²) < 4.78 is 32.8. The summed E-state index contributed by atoms with van der Waals surface area (Å²) in [6, 6.07) is 3.89. The van der Waals surface area contributed by atoms with E-state index < -0.39 is 17.5 Å². The van der Waals surface area contributed by atoms with Crippen LogP contribution in [0.2, 0.25) is 0 Å². The second-order valence-electron chi connectivity index (χ2n) is 6.82. The number of nitrogens with two attached hydrogens (primary N) is 1. The molecular weight excluding hydrogens is 434 g/mol. The number of carbonyl (C=O) groups excluding carboxylic acids is 2. The highest BCUT2D eigenvalue weighted by Gasteiger charge is 2.21. The Morgan fingerprint density at radius 1 is 1.37 bits per heavy atom. The van der Waals surface area contributed by atoms with Gasteiger partial charge in [0.05, 0.1) is 30.6 Å². The number of halogens is 2. The summed E-state index contributed by atoms with van der Waals surface area (Å²) in [5.41, 5.74) is 6.43. The molecule has 162 valence electrons. The molecule has 2 aromatic rings. The van der Waals surface area contributed by atoms with Gasteiger partial charge in [0.25, 0.3) is 0 Å². The smallest absolute Gasteiger partial charge is 0.230 e. The van der Waals surface area contributed by atoms with Crippen LogP contribution in [0.4, 0.5) is 8.78 Å². The van der Waals surface area contributed by atoms with E-state index >= 15 is 0 Å². The zero-order valence-corrected chi connectivity index (χ0v) is 17.7. The molecule has 0 radical (unpaired) electrons. The van der Waals surface area contributed by atoms with E-state index in [0.29, 0.717) is 48.4 Å². The Labute approximate surface area is 181 Å². The Morgan fingerprint density at radius 2 is 2.20 bits per heavy atom. The first-order valence-corrected chi connectivity index (χ1v) is 11.2. The van der Waals surface area contributed by atoms with E-state index in [9.17, 15) is 18.4 Å². The van der Waals surface area contributed by atoms with Crippen LogP contribution in [0.25, 0.3) is 0 Å². The maximum absolute atomic E-state index is 13.4. The number of aromatic nitrogens is 1. The zero-order chi connectivity index (χ0) is 21.5. The summed E-state index contributed by atoms with van der Waals surface area (Å²) >= 11 is 2.66. The van der Waals surface area contributed by atoms with Crippen molar-refractivity contribution in [1.82, 2.24) is 15.2 Å². The van der Waals surface area contributed by atoms with Crippen molar-refractivity contribution in [3.63, 3.8) is 0 Å². The number of amides is 2. The highest BCUT2D eigenvalue weighted by molar-refractivity contribution is 8.01. The van der Waals surface area contributed by atoms with Crippen LogP contribution in [0.15, 0.2) is 27.9 Å². The summed E-state index contributed by atoms with van der Waals surface area (Å²) in [4.78, 5) is 29.3. The fourth-order valence-corrected chi connectivity index (χ4v) is 4.64. The van der Waals surface area contributed by atoms with Gasteiger partial charge in [-0.25, -0.2) is 13.8 Å². The number of hydrogen-bond acceptors (Lipinski definition) is 7. The third-order valence-electron chi connectivity index (χ3n) is 4.35. The number of nitrogens with zero attached hydrogens (tertiary/aromatic N) is 2. The average molecular weight is 457 g/mol. The zero-order valence-electron chi connectivity index (χ0n) is 16.1. The summed E-state index contributed by atoms with van der Waals surface area (Å²) in [5.74, 6) is -2.10. The molecule has 0 spiro atoms. The number of hydrogen-bond donors (Lipinski definition) is 2. The van der Waals surface area contributed by atoms with E-state index in [1.54, 1.807) is 11.4 Å². The summed E-state index contributed by atoms with van der Waals surface area (Å²) in [6.45, 7) is 2.60. The molecule has 2 heterocycles. The molecule has 30 heavy (non-hydrogen) atoms. The number of morpholine rings is 1. The van der Waals surface area contributed by atoms with Gasteiger partial charge in [-0.15, -0.1) is 11.3 Å². The van der Waals surface area contributed by atoms with Gasteiger partial charge in [-0.3, -0.25) is 14.5 Å². The van der Waals surface area contributed by atoms with E-state index in [1.807, 2.05) is 0 Å². The van der Waals surface area contributed by atoms with Crippen LogP contribution >= 0.6 is 23.1 Å². The highest BCUT2D eigenvalue weighted by Crippen LogP contribution is 2.22. The molecule has 0 bridgehead atoms. The highest BCUT2D eigenvalue weighted by atomic mass is 32.2. The van der Waals surface area contributed by atoms with Crippen molar-refractivity contribution in [2.75, 3.05) is 32.0 Å². The Balaban J connectivity index is 1.39. The standard InChI is InChI=1S/C19H22F2N4O3S2/c20-15-2-1-12(5-16(15)21)8-25-3-4-28-14(9-25)7-23-18(27)11-30-19-24-13(10-29-19)6-17(22)26/h1-2,5,10,14H,3-4,6-9,11H2,(H2,22,26)(H,23,27)/t14-/m0/s1. The molecule has 1 atom stereocenters. The van der Waals surface area contributed by atoms with Crippen molar-refractivity contribution >= 4 is 34.9 Å². The molecule has 0 unspecified atom stereocenters. The lowest BCUT2D eigenvalue weighted by Gasteiger charge is -2.33. The number of rotatable bonds is 9. The first kappa shape index (κ1) is 22.6. The van der Waals surface area contributed by atoms with Crippen molar-refractivity contribution in [2.24, 2.45) is 5.73 Å². The lowest BCUT2D eigenvalue weighted by Crippen LogP contribution is -2.47. The Morgan fingerprint density at radius 3 is 2.97 bits per heavy atom. The SMILES string of the molecule is NC(=O)Cc1csc(SCC(=O)NC[C@H]2CN(Cc3ccc(F)c(F)c3)CCO2)n1. The normalized spacial score (nSPS) is 17.1. The van der Waals surface area contributed by atoms with Crippen LogP contribution in [0.3, 0.4) is 0 Å². The molecule has 1 aliphatic heterocycles. The first-order valence-electron chi connectivity index (χ1n) is 9.29. The Kier molecular flexibility index (Phi) is 8.14. The van der Waals surface area contributed by atoms with Gasteiger partial charge < -0.3 is 15.8 Å². The van der Waals surface area contributed by atoms with Gasteiger partial charge in [-0.05, 0) is 17.7 Å². The van der Waals surface area contributed by atoms with Gasteiger partial charge in [-0.1, -0.05) is 17.8 Å². The second-order valence-corrected chi connectivity index (χ2v) is 8.90. The van der Waals surface area contributed by atoms with Gasteiger partial charge in [0.2, 0.25) is 11.8 Å². The van der Waals surface area contributed by atoms with Crippen molar-refractivity contribution in [3.8, 4) is 0 Å². The molecule has 11 heteroatoms. The number of thioether (sulfide) groups is 1. The van der Waals surface area contributed by atoms with Crippen molar-refractivity contribution < 1.29 is 23.1 Å². The molecular formula is C19H22F2N4O3S2. The van der Waals surface area contributed by atoms with E-state index in [2.05, 4.69) is 15.2 Å². The van der Waals surface area contributed by atoms with Crippen LogP contribution in [0.5, 0.6) is 0 Å². The number of benzene rings is 1. The molecule has 1 aliphatic rings. The molecule has 0 aliphatic carbocycles. The number of ether oxygens (including phenoxy) is 1.